The number of hydrogen-bond acceptors (Lipinski definition) is 11. The average molecular weight is 607 g/mol. The Bertz CT molecular complexity index is 1540. The Hall–Kier alpha value is -4.38. The maximum atomic E-state index is 12.9. The van der Waals surface area contributed by atoms with E-state index in [9.17, 15) is 24.8 Å². The quantitative estimate of drug-likeness (QED) is 0.271. The number of carbonyl (C=O) groups is 3. The second-order valence-corrected chi connectivity index (χ2v) is 11.6. The van der Waals surface area contributed by atoms with Crippen molar-refractivity contribution in [2.24, 2.45) is 23.5 Å². The standard InChI is InChI=1S/C31H38N6O7/c1-17(2)19(5)29(40)36-28-21-11-12-23(37(21)35-16-34-28)31(15-32)27(39)26(43-30(41)25(33)18(3)4)22(44-31)14-42-24(38)13-20-9-7-6-8-10-20/h6-12,16-19,22,25-27,39H,13-14,33H2,1-5H3,(H,34,35,36,40)/t19-,22-,25+,26-,27-,31+/m1/s1. The molecule has 3 aromatic rings. The first-order chi connectivity index (χ1) is 20.9. The third kappa shape index (κ3) is 6.57. The van der Waals surface area contributed by atoms with Gasteiger partial charge in [0.05, 0.1) is 12.1 Å². The second-order valence-electron chi connectivity index (χ2n) is 11.6. The van der Waals surface area contributed by atoms with E-state index >= 15 is 0 Å². The maximum Gasteiger partial charge on any atom is 0.323 e. The van der Waals surface area contributed by atoms with E-state index in [0.717, 1.165) is 5.56 Å². The topological polar surface area (TPSA) is 191 Å². The minimum absolute atomic E-state index is 0.0215. The van der Waals surface area contributed by atoms with E-state index in [1.54, 1.807) is 51.1 Å². The van der Waals surface area contributed by atoms with Gasteiger partial charge in [-0.05, 0) is 29.5 Å². The number of nitrogens with two attached hydrogens (primary N) is 1. The largest absolute Gasteiger partial charge is 0.463 e. The molecule has 3 heterocycles. The summed E-state index contributed by atoms with van der Waals surface area (Å²) < 4.78 is 18.5. The van der Waals surface area contributed by atoms with Gasteiger partial charge in [-0.3, -0.25) is 14.4 Å². The zero-order chi connectivity index (χ0) is 32.2. The number of aliphatic hydroxyl groups is 1. The molecule has 2 aromatic heterocycles. The minimum Gasteiger partial charge on any atom is -0.463 e. The molecule has 1 amide bonds. The van der Waals surface area contributed by atoms with Crippen molar-refractivity contribution in [2.45, 2.75) is 71.0 Å². The Morgan fingerprint density at radius 3 is 2.48 bits per heavy atom. The van der Waals surface area contributed by atoms with Crippen LogP contribution in [0.2, 0.25) is 0 Å². The first kappa shape index (κ1) is 32.5. The molecule has 0 bridgehead atoms. The normalized spacial score (nSPS) is 22.9. The predicted octanol–water partition coefficient (Wildman–Crippen LogP) is 2.12. The summed E-state index contributed by atoms with van der Waals surface area (Å²) in [5, 5.41) is 29.1. The molecule has 1 saturated heterocycles. The van der Waals surface area contributed by atoms with Gasteiger partial charge in [0.1, 0.15) is 42.8 Å². The summed E-state index contributed by atoms with van der Waals surface area (Å²) in [4.78, 5) is 42.5. The number of rotatable bonds is 11. The number of benzene rings is 1. The lowest BCUT2D eigenvalue weighted by Crippen LogP contribution is -2.46. The van der Waals surface area contributed by atoms with Gasteiger partial charge in [0, 0.05) is 5.92 Å². The average Bonchev–Trinajstić information content (AvgIpc) is 3.55. The fourth-order valence-corrected chi connectivity index (χ4v) is 4.76. The number of amides is 1. The van der Waals surface area contributed by atoms with Gasteiger partial charge in [-0.1, -0.05) is 65.0 Å². The molecular weight excluding hydrogens is 568 g/mol. The number of nitrogens with zero attached hydrogens (tertiary/aromatic N) is 4. The Labute approximate surface area is 255 Å². The van der Waals surface area contributed by atoms with Crippen LogP contribution in [0.25, 0.3) is 5.52 Å². The molecule has 1 fully saturated rings. The van der Waals surface area contributed by atoms with E-state index in [1.165, 1.54) is 16.9 Å². The summed E-state index contributed by atoms with van der Waals surface area (Å²) in [5.41, 5.74) is 5.04. The molecule has 0 radical (unpaired) electrons. The Morgan fingerprint density at radius 1 is 1.14 bits per heavy atom. The second kappa shape index (κ2) is 13.5. The summed E-state index contributed by atoms with van der Waals surface area (Å²) in [6, 6.07) is 13.0. The molecule has 6 atom stereocenters. The molecule has 1 aliphatic rings. The highest BCUT2D eigenvalue weighted by Gasteiger charge is 2.60. The molecular formula is C31H38N6O7. The lowest BCUT2D eigenvalue weighted by atomic mass is 9.92. The Morgan fingerprint density at radius 2 is 1.84 bits per heavy atom. The molecule has 0 saturated carbocycles. The van der Waals surface area contributed by atoms with Crippen molar-refractivity contribution in [2.75, 3.05) is 11.9 Å². The monoisotopic (exact) mass is 606 g/mol. The van der Waals surface area contributed by atoms with Crippen LogP contribution in [-0.2, 0) is 40.6 Å². The highest BCUT2D eigenvalue weighted by atomic mass is 16.6. The number of nitriles is 1. The molecule has 234 valence electrons. The van der Waals surface area contributed by atoms with Gasteiger partial charge in [-0.15, -0.1) is 0 Å². The van der Waals surface area contributed by atoms with E-state index in [4.69, 9.17) is 19.9 Å². The van der Waals surface area contributed by atoms with Crippen LogP contribution < -0.4 is 11.1 Å². The Kier molecular flexibility index (Phi) is 9.98. The first-order valence-corrected chi connectivity index (χ1v) is 14.5. The fraction of sp³-hybridized carbons (Fsp3) is 0.484. The van der Waals surface area contributed by atoms with Crippen LogP contribution in [0.15, 0.2) is 48.8 Å². The highest BCUT2D eigenvalue weighted by Crippen LogP contribution is 2.42. The maximum absolute atomic E-state index is 12.9. The van der Waals surface area contributed by atoms with Crippen LogP contribution in [0, 0.1) is 29.1 Å². The van der Waals surface area contributed by atoms with Crippen molar-refractivity contribution in [3.8, 4) is 6.07 Å². The number of anilines is 1. The third-order valence-electron chi connectivity index (χ3n) is 7.93. The van der Waals surface area contributed by atoms with Gasteiger partial charge in [-0.25, -0.2) is 9.50 Å². The number of nitrogens with one attached hydrogen (secondary N) is 1. The molecule has 44 heavy (non-hydrogen) atoms. The van der Waals surface area contributed by atoms with Gasteiger partial charge in [-0.2, -0.15) is 10.4 Å². The van der Waals surface area contributed by atoms with Crippen LogP contribution in [-0.4, -0.2) is 68.5 Å². The van der Waals surface area contributed by atoms with Crippen LogP contribution in [0.4, 0.5) is 5.82 Å². The molecule has 1 aromatic carbocycles. The van der Waals surface area contributed by atoms with E-state index in [2.05, 4.69) is 15.4 Å². The van der Waals surface area contributed by atoms with Gasteiger partial charge in [0.2, 0.25) is 11.5 Å². The number of ether oxygens (including phenoxy) is 3. The smallest absolute Gasteiger partial charge is 0.323 e. The lowest BCUT2D eigenvalue weighted by molar-refractivity contribution is -0.162. The summed E-state index contributed by atoms with van der Waals surface area (Å²) in [6.07, 6.45) is -3.21. The van der Waals surface area contributed by atoms with Crippen LogP contribution >= 0.6 is 0 Å². The number of carbonyl (C=O) groups excluding carboxylic acids is 3. The number of aliphatic hydroxyl groups excluding tert-OH is 1. The zero-order valence-electron chi connectivity index (χ0n) is 25.3. The molecule has 4 N–H and O–H groups in total. The van der Waals surface area contributed by atoms with Crippen molar-refractivity contribution in [1.82, 2.24) is 14.6 Å². The van der Waals surface area contributed by atoms with Crippen LogP contribution in [0.3, 0.4) is 0 Å². The summed E-state index contributed by atoms with van der Waals surface area (Å²) >= 11 is 0. The molecule has 1 aliphatic heterocycles. The summed E-state index contributed by atoms with van der Waals surface area (Å²) in [6.45, 7) is 8.71. The van der Waals surface area contributed by atoms with E-state index in [0.29, 0.717) is 5.52 Å². The third-order valence-corrected chi connectivity index (χ3v) is 7.93. The van der Waals surface area contributed by atoms with Crippen molar-refractivity contribution < 1.29 is 33.7 Å². The SMILES string of the molecule is CC(C)[C@H](N)C(=O)O[C@H]1[C@@H](O)[C@](C#N)(c2ccc3c(NC(=O)[C@H](C)C(C)C)ncnn23)O[C@@H]1COC(=O)Cc1ccccc1. The minimum atomic E-state index is -2.11. The highest BCUT2D eigenvalue weighted by molar-refractivity contribution is 5.95. The van der Waals surface area contributed by atoms with Crippen molar-refractivity contribution in [1.29, 1.82) is 5.26 Å². The summed E-state index contributed by atoms with van der Waals surface area (Å²) in [5.74, 6) is -1.94. The number of hydrogen-bond donors (Lipinski definition) is 3. The first-order valence-electron chi connectivity index (χ1n) is 14.5. The van der Waals surface area contributed by atoms with E-state index in [1.807, 2.05) is 26.0 Å². The molecule has 0 spiro atoms. The number of esters is 2. The fourth-order valence-electron chi connectivity index (χ4n) is 4.76. The van der Waals surface area contributed by atoms with Crippen molar-refractivity contribution in [3.05, 3.63) is 60.0 Å². The van der Waals surface area contributed by atoms with Crippen molar-refractivity contribution >= 4 is 29.2 Å². The lowest BCUT2D eigenvalue weighted by Gasteiger charge is -2.25. The molecule has 4 rings (SSSR count). The molecule has 13 nitrogen and oxygen atoms in total. The zero-order valence-corrected chi connectivity index (χ0v) is 25.3. The summed E-state index contributed by atoms with van der Waals surface area (Å²) in [7, 11) is 0. The Balaban J connectivity index is 1.66. The van der Waals surface area contributed by atoms with Crippen molar-refractivity contribution in [3.63, 3.8) is 0 Å². The van der Waals surface area contributed by atoms with Gasteiger partial charge in [0.15, 0.2) is 11.9 Å². The van der Waals surface area contributed by atoms with Gasteiger partial charge < -0.3 is 30.4 Å². The van der Waals surface area contributed by atoms with Crippen LogP contribution in [0.5, 0.6) is 0 Å². The van der Waals surface area contributed by atoms with Crippen LogP contribution in [0.1, 0.15) is 45.9 Å². The molecule has 13 heteroatoms. The number of fused-ring (bicyclic) bond motifs is 1. The predicted molar refractivity (Wildman–Crippen MR) is 158 cm³/mol. The number of aromatic nitrogens is 3. The van der Waals surface area contributed by atoms with E-state index in [-0.39, 0.29) is 41.6 Å². The van der Waals surface area contributed by atoms with Gasteiger partial charge in [0.25, 0.3) is 0 Å². The van der Waals surface area contributed by atoms with Gasteiger partial charge >= 0.3 is 11.9 Å². The van der Waals surface area contributed by atoms with E-state index < -0.39 is 48.5 Å². The molecule has 0 aliphatic carbocycles. The molecule has 0 unspecified atom stereocenters.